The van der Waals surface area contributed by atoms with E-state index in [1.807, 2.05) is 30.3 Å². The third kappa shape index (κ3) is 2.58. The molecule has 0 amide bonds. The van der Waals surface area contributed by atoms with Crippen LogP contribution in [0.4, 0.5) is 0 Å². The Kier molecular flexibility index (Phi) is 3.75. The first-order valence-electron chi connectivity index (χ1n) is 5.00. The number of pyridine rings is 1. The first kappa shape index (κ1) is 13.5. The summed E-state index contributed by atoms with van der Waals surface area (Å²) in [5, 5.41) is 0.310. The maximum absolute atomic E-state index is 11.9. The molecular weight excluding hydrogens is 338 g/mol. The molecular formula is C12H9BrClNO2S. The Morgan fingerprint density at radius 2 is 1.83 bits per heavy atom. The number of nitrogens with zero attached hydrogens (tertiary/aromatic N) is 1. The molecule has 0 aliphatic rings. The summed E-state index contributed by atoms with van der Waals surface area (Å²) in [6.07, 6.45) is 2.57. The number of aromatic nitrogens is 1. The van der Waals surface area contributed by atoms with E-state index in [2.05, 4.69) is 20.9 Å². The summed E-state index contributed by atoms with van der Waals surface area (Å²) in [7, 11) is -3.43. The summed E-state index contributed by atoms with van der Waals surface area (Å²) >= 11 is 9.26. The summed E-state index contributed by atoms with van der Waals surface area (Å²) < 4.78 is 24.0. The Morgan fingerprint density at radius 3 is 2.39 bits per heavy atom. The van der Waals surface area contributed by atoms with E-state index >= 15 is 0 Å². The van der Waals surface area contributed by atoms with E-state index in [0.29, 0.717) is 10.6 Å². The zero-order chi connectivity index (χ0) is 13.3. The summed E-state index contributed by atoms with van der Waals surface area (Å²) in [6, 6.07) is 9.12. The predicted octanol–water partition coefficient (Wildman–Crippen LogP) is 3.57. The minimum absolute atomic E-state index is 0.112. The smallest absolute Gasteiger partial charge is 0.178 e. The summed E-state index contributed by atoms with van der Waals surface area (Å²) in [6.45, 7) is 0. The number of hydrogen-bond acceptors (Lipinski definition) is 3. The van der Waals surface area contributed by atoms with Gasteiger partial charge < -0.3 is 0 Å². The first-order valence-corrected chi connectivity index (χ1v) is 8.07. The number of sulfone groups is 1. The van der Waals surface area contributed by atoms with Gasteiger partial charge in [-0.2, -0.15) is 0 Å². The minimum atomic E-state index is -3.43. The van der Waals surface area contributed by atoms with E-state index in [1.54, 1.807) is 0 Å². The van der Waals surface area contributed by atoms with Crippen molar-refractivity contribution in [2.75, 3.05) is 6.26 Å². The molecule has 94 valence electrons. The van der Waals surface area contributed by atoms with Crippen LogP contribution in [-0.4, -0.2) is 19.7 Å². The van der Waals surface area contributed by atoms with Gasteiger partial charge in [0, 0.05) is 18.0 Å². The van der Waals surface area contributed by atoms with Crippen LogP contribution in [0.5, 0.6) is 0 Å². The lowest BCUT2D eigenvalue weighted by Crippen LogP contribution is -2.03. The van der Waals surface area contributed by atoms with E-state index < -0.39 is 9.84 Å². The molecule has 0 bridgehead atoms. The van der Waals surface area contributed by atoms with E-state index in [1.165, 1.54) is 6.20 Å². The minimum Gasteiger partial charge on any atom is -0.246 e. The van der Waals surface area contributed by atoms with Crippen molar-refractivity contribution in [2.45, 2.75) is 4.90 Å². The third-order valence-corrected chi connectivity index (χ3v) is 4.67. The molecule has 0 aliphatic carbocycles. The second kappa shape index (κ2) is 4.99. The molecule has 0 spiro atoms. The zero-order valence-electron chi connectivity index (χ0n) is 9.39. The summed E-state index contributed by atoms with van der Waals surface area (Å²) in [4.78, 5) is 4.05. The zero-order valence-corrected chi connectivity index (χ0v) is 12.6. The van der Waals surface area contributed by atoms with Gasteiger partial charge in [-0.25, -0.2) is 13.4 Å². The molecule has 1 aromatic heterocycles. The third-order valence-electron chi connectivity index (χ3n) is 2.38. The Labute approximate surface area is 119 Å². The van der Waals surface area contributed by atoms with Crippen molar-refractivity contribution >= 4 is 37.4 Å². The highest BCUT2D eigenvalue weighted by Gasteiger charge is 2.22. The molecule has 0 N–H and O–H groups in total. The average molecular weight is 347 g/mol. The van der Waals surface area contributed by atoms with Crippen LogP contribution < -0.4 is 0 Å². The molecule has 1 heterocycles. The number of halogens is 2. The molecule has 0 saturated heterocycles. The van der Waals surface area contributed by atoms with Gasteiger partial charge in [0.2, 0.25) is 0 Å². The quantitative estimate of drug-likeness (QED) is 0.781. The van der Waals surface area contributed by atoms with Crippen LogP contribution in [-0.2, 0) is 9.84 Å². The van der Waals surface area contributed by atoms with Crippen molar-refractivity contribution in [3.05, 3.63) is 46.2 Å². The molecule has 18 heavy (non-hydrogen) atoms. The fraction of sp³-hybridized carbons (Fsp3) is 0.0833. The van der Waals surface area contributed by atoms with Crippen LogP contribution in [0.1, 0.15) is 0 Å². The summed E-state index contributed by atoms with van der Waals surface area (Å²) in [5.41, 5.74) is 1.22. The lowest BCUT2D eigenvalue weighted by atomic mass is 10.1. The maximum atomic E-state index is 11.9. The van der Waals surface area contributed by atoms with Crippen molar-refractivity contribution in [1.29, 1.82) is 0 Å². The van der Waals surface area contributed by atoms with Crippen LogP contribution in [0.25, 0.3) is 11.1 Å². The second-order valence-corrected chi connectivity index (χ2v) is 6.85. The van der Waals surface area contributed by atoms with Gasteiger partial charge in [-0.15, -0.1) is 0 Å². The van der Waals surface area contributed by atoms with Gasteiger partial charge in [0.05, 0.1) is 5.02 Å². The van der Waals surface area contributed by atoms with E-state index in [0.717, 1.165) is 11.8 Å². The molecule has 0 radical (unpaired) electrons. The molecule has 2 aromatic rings. The van der Waals surface area contributed by atoms with Crippen LogP contribution >= 0.6 is 27.5 Å². The van der Waals surface area contributed by atoms with Gasteiger partial charge >= 0.3 is 0 Å². The molecule has 0 aliphatic heterocycles. The molecule has 0 saturated carbocycles. The first-order chi connectivity index (χ1) is 8.41. The summed E-state index contributed by atoms with van der Waals surface area (Å²) in [5.74, 6) is 0. The highest BCUT2D eigenvalue weighted by atomic mass is 79.9. The molecule has 0 atom stereocenters. The maximum Gasteiger partial charge on any atom is 0.178 e. The van der Waals surface area contributed by atoms with Gasteiger partial charge in [0.25, 0.3) is 0 Å². The Hall–Kier alpha value is -0.910. The van der Waals surface area contributed by atoms with Crippen molar-refractivity contribution < 1.29 is 8.42 Å². The number of rotatable bonds is 2. The topological polar surface area (TPSA) is 47.0 Å². The fourth-order valence-corrected chi connectivity index (χ4v) is 4.11. The average Bonchev–Trinajstić information content (AvgIpc) is 2.31. The Morgan fingerprint density at radius 1 is 1.22 bits per heavy atom. The highest BCUT2D eigenvalue weighted by molar-refractivity contribution is 9.10. The normalized spacial score (nSPS) is 11.5. The van der Waals surface area contributed by atoms with Crippen LogP contribution in [0.2, 0.25) is 5.02 Å². The molecule has 0 fully saturated rings. The predicted molar refractivity (Wildman–Crippen MR) is 75.5 cm³/mol. The Bertz CT molecular complexity index is 687. The van der Waals surface area contributed by atoms with Crippen molar-refractivity contribution in [3.63, 3.8) is 0 Å². The van der Waals surface area contributed by atoms with E-state index in [9.17, 15) is 8.42 Å². The molecule has 1 aromatic carbocycles. The standard InChI is InChI=1S/C12H9BrClNO2S/c1-18(16,17)11-10(8-5-3-2-4-6-8)9(14)7-15-12(11)13/h2-7H,1H3. The van der Waals surface area contributed by atoms with Gasteiger partial charge in [-0.05, 0) is 21.5 Å². The molecule has 2 rings (SSSR count). The number of benzene rings is 1. The fourth-order valence-electron chi connectivity index (χ4n) is 1.66. The second-order valence-electron chi connectivity index (χ2n) is 3.74. The highest BCUT2D eigenvalue weighted by Crippen LogP contribution is 2.37. The molecule has 0 unspecified atom stereocenters. The SMILES string of the molecule is CS(=O)(=O)c1c(Br)ncc(Cl)c1-c1ccccc1. The Balaban J connectivity index is 2.86. The van der Waals surface area contributed by atoms with Crippen molar-refractivity contribution in [1.82, 2.24) is 4.98 Å². The van der Waals surface area contributed by atoms with Crippen molar-refractivity contribution in [3.8, 4) is 11.1 Å². The largest absolute Gasteiger partial charge is 0.246 e. The van der Waals surface area contributed by atoms with E-state index in [-0.39, 0.29) is 9.50 Å². The van der Waals surface area contributed by atoms with Gasteiger partial charge in [-0.3, -0.25) is 0 Å². The number of hydrogen-bond donors (Lipinski definition) is 0. The van der Waals surface area contributed by atoms with E-state index in [4.69, 9.17) is 11.6 Å². The van der Waals surface area contributed by atoms with Crippen LogP contribution in [0, 0.1) is 0 Å². The molecule has 6 heteroatoms. The van der Waals surface area contributed by atoms with Gasteiger partial charge in [0.15, 0.2) is 9.84 Å². The van der Waals surface area contributed by atoms with Gasteiger partial charge in [-0.1, -0.05) is 41.9 Å². The van der Waals surface area contributed by atoms with Gasteiger partial charge in [0.1, 0.15) is 9.50 Å². The van der Waals surface area contributed by atoms with Crippen LogP contribution in [0.15, 0.2) is 46.0 Å². The monoisotopic (exact) mass is 345 g/mol. The lowest BCUT2D eigenvalue weighted by Gasteiger charge is -2.11. The lowest BCUT2D eigenvalue weighted by molar-refractivity contribution is 0.601. The molecule has 3 nitrogen and oxygen atoms in total. The van der Waals surface area contributed by atoms with Crippen molar-refractivity contribution in [2.24, 2.45) is 0 Å². The van der Waals surface area contributed by atoms with Crippen LogP contribution in [0.3, 0.4) is 0 Å².